The third kappa shape index (κ3) is 4.33. The molecular formula is C18H19BrN2O2. The van der Waals surface area contributed by atoms with Crippen molar-refractivity contribution >= 4 is 21.8 Å². The molecule has 2 aromatic carbocycles. The van der Waals surface area contributed by atoms with Crippen molar-refractivity contribution in [3.05, 3.63) is 64.6 Å². The van der Waals surface area contributed by atoms with E-state index in [4.69, 9.17) is 4.74 Å². The summed E-state index contributed by atoms with van der Waals surface area (Å²) in [5.74, 6) is 0.554. The third-order valence-corrected chi connectivity index (χ3v) is 4.29. The summed E-state index contributed by atoms with van der Waals surface area (Å²) < 4.78 is 6.91. The van der Waals surface area contributed by atoms with E-state index in [-0.39, 0.29) is 11.9 Å². The summed E-state index contributed by atoms with van der Waals surface area (Å²) in [7, 11) is 0. The molecule has 0 spiro atoms. The summed E-state index contributed by atoms with van der Waals surface area (Å²) in [6, 6.07) is 17.3. The van der Waals surface area contributed by atoms with Crippen LogP contribution in [-0.4, -0.2) is 25.0 Å². The zero-order valence-electron chi connectivity index (χ0n) is 12.7. The van der Waals surface area contributed by atoms with Crippen LogP contribution in [0.5, 0.6) is 5.75 Å². The standard InChI is InChI=1S/C18H19BrN2O2/c19-14-7-4-8-16(11-14)23-17(13-5-2-1-3-6-13)18(22)21-15-9-10-20-12-15/h1-8,11,15,17,20H,9-10,12H2,(H,21,22). The molecule has 0 aliphatic carbocycles. The summed E-state index contributed by atoms with van der Waals surface area (Å²) in [6.45, 7) is 1.75. The number of benzene rings is 2. The van der Waals surface area contributed by atoms with Gasteiger partial charge >= 0.3 is 0 Å². The molecule has 1 saturated heterocycles. The summed E-state index contributed by atoms with van der Waals surface area (Å²) >= 11 is 3.43. The topological polar surface area (TPSA) is 50.4 Å². The van der Waals surface area contributed by atoms with E-state index >= 15 is 0 Å². The van der Waals surface area contributed by atoms with Gasteiger partial charge in [-0.1, -0.05) is 52.3 Å². The molecule has 5 heteroatoms. The molecule has 0 radical (unpaired) electrons. The molecule has 3 rings (SSSR count). The fourth-order valence-corrected chi connectivity index (χ4v) is 3.01. The maximum atomic E-state index is 12.7. The Bertz CT molecular complexity index is 657. The minimum Gasteiger partial charge on any atom is -0.476 e. The van der Waals surface area contributed by atoms with Crippen LogP contribution in [0.4, 0.5) is 0 Å². The average Bonchev–Trinajstić information content (AvgIpc) is 3.06. The molecule has 0 saturated carbocycles. The van der Waals surface area contributed by atoms with Gasteiger partial charge in [-0.2, -0.15) is 0 Å². The zero-order chi connectivity index (χ0) is 16.1. The molecule has 120 valence electrons. The van der Waals surface area contributed by atoms with Crippen LogP contribution in [0.3, 0.4) is 0 Å². The molecule has 0 aromatic heterocycles. The summed E-state index contributed by atoms with van der Waals surface area (Å²) in [6.07, 6.45) is 0.288. The monoisotopic (exact) mass is 374 g/mol. The van der Waals surface area contributed by atoms with Crippen LogP contribution < -0.4 is 15.4 Å². The van der Waals surface area contributed by atoms with Crippen molar-refractivity contribution < 1.29 is 9.53 Å². The van der Waals surface area contributed by atoms with E-state index in [1.807, 2.05) is 54.6 Å². The Labute approximate surface area is 144 Å². The lowest BCUT2D eigenvalue weighted by molar-refractivity contribution is -0.128. The first kappa shape index (κ1) is 16.0. The summed E-state index contributed by atoms with van der Waals surface area (Å²) in [5, 5.41) is 6.33. The van der Waals surface area contributed by atoms with E-state index in [9.17, 15) is 4.79 Å². The van der Waals surface area contributed by atoms with E-state index < -0.39 is 6.10 Å². The molecule has 2 N–H and O–H groups in total. The fourth-order valence-electron chi connectivity index (χ4n) is 2.63. The van der Waals surface area contributed by atoms with Gasteiger partial charge in [0.2, 0.25) is 6.10 Å². The molecule has 1 heterocycles. The number of carbonyl (C=O) groups is 1. The van der Waals surface area contributed by atoms with Crippen LogP contribution >= 0.6 is 15.9 Å². The van der Waals surface area contributed by atoms with Crippen molar-refractivity contribution in [2.75, 3.05) is 13.1 Å². The number of hydrogen-bond donors (Lipinski definition) is 2. The SMILES string of the molecule is O=C(NC1CCNC1)C(Oc1cccc(Br)c1)c1ccccc1. The minimum absolute atomic E-state index is 0.107. The molecule has 1 aliphatic heterocycles. The van der Waals surface area contributed by atoms with Gasteiger partial charge in [0.15, 0.2) is 0 Å². The molecule has 1 fully saturated rings. The first-order chi connectivity index (χ1) is 11.2. The van der Waals surface area contributed by atoms with Gasteiger partial charge in [-0.15, -0.1) is 0 Å². The van der Waals surface area contributed by atoms with Crippen molar-refractivity contribution in [1.82, 2.24) is 10.6 Å². The van der Waals surface area contributed by atoms with Crippen molar-refractivity contribution in [3.63, 3.8) is 0 Å². The van der Waals surface area contributed by atoms with Crippen LogP contribution in [0, 0.1) is 0 Å². The zero-order valence-corrected chi connectivity index (χ0v) is 14.3. The molecule has 2 atom stereocenters. The van der Waals surface area contributed by atoms with Gasteiger partial charge in [-0.3, -0.25) is 4.79 Å². The Morgan fingerprint density at radius 1 is 1.22 bits per heavy atom. The molecule has 2 aromatic rings. The van der Waals surface area contributed by atoms with Gasteiger partial charge in [-0.25, -0.2) is 0 Å². The molecule has 1 amide bonds. The second-order valence-electron chi connectivity index (χ2n) is 5.56. The molecule has 4 nitrogen and oxygen atoms in total. The molecule has 0 bridgehead atoms. The van der Waals surface area contributed by atoms with Gasteiger partial charge < -0.3 is 15.4 Å². The number of hydrogen-bond acceptors (Lipinski definition) is 3. The maximum Gasteiger partial charge on any atom is 0.266 e. The predicted molar refractivity (Wildman–Crippen MR) is 93.4 cm³/mol. The normalized spacial score (nSPS) is 18.4. The van der Waals surface area contributed by atoms with Crippen LogP contribution in [-0.2, 0) is 4.79 Å². The second kappa shape index (κ2) is 7.62. The van der Waals surface area contributed by atoms with E-state index in [0.717, 1.165) is 29.5 Å². The largest absolute Gasteiger partial charge is 0.476 e. The van der Waals surface area contributed by atoms with Crippen LogP contribution in [0.25, 0.3) is 0 Å². The maximum absolute atomic E-state index is 12.7. The Balaban J connectivity index is 1.79. The smallest absolute Gasteiger partial charge is 0.266 e. The fraction of sp³-hybridized carbons (Fsp3) is 0.278. The summed E-state index contributed by atoms with van der Waals surface area (Å²) in [5.41, 5.74) is 0.843. The quantitative estimate of drug-likeness (QED) is 0.845. The molecule has 1 aliphatic rings. The molecular weight excluding hydrogens is 356 g/mol. The van der Waals surface area contributed by atoms with Crippen molar-refractivity contribution in [1.29, 1.82) is 0 Å². The number of carbonyl (C=O) groups excluding carboxylic acids is 1. The van der Waals surface area contributed by atoms with Gasteiger partial charge in [-0.05, 0) is 31.2 Å². The van der Waals surface area contributed by atoms with Crippen LogP contribution in [0.15, 0.2) is 59.1 Å². The highest BCUT2D eigenvalue weighted by molar-refractivity contribution is 9.10. The lowest BCUT2D eigenvalue weighted by Gasteiger charge is -2.21. The number of amides is 1. The van der Waals surface area contributed by atoms with Crippen LogP contribution in [0.2, 0.25) is 0 Å². The molecule has 2 unspecified atom stereocenters. The van der Waals surface area contributed by atoms with Gasteiger partial charge in [0.05, 0.1) is 0 Å². The van der Waals surface area contributed by atoms with Gasteiger partial charge in [0.25, 0.3) is 5.91 Å². The minimum atomic E-state index is -0.661. The predicted octanol–water partition coefficient (Wildman–Crippen LogP) is 3.05. The lowest BCUT2D eigenvalue weighted by atomic mass is 10.1. The van der Waals surface area contributed by atoms with E-state index in [2.05, 4.69) is 26.6 Å². The first-order valence-corrected chi connectivity index (χ1v) is 8.50. The highest BCUT2D eigenvalue weighted by atomic mass is 79.9. The lowest BCUT2D eigenvalue weighted by Crippen LogP contribution is -2.40. The Kier molecular flexibility index (Phi) is 5.31. The third-order valence-electron chi connectivity index (χ3n) is 3.80. The Hall–Kier alpha value is -1.85. The Morgan fingerprint density at radius 2 is 2.04 bits per heavy atom. The number of nitrogens with one attached hydrogen (secondary N) is 2. The first-order valence-electron chi connectivity index (χ1n) is 7.70. The van der Waals surface area contributed by atoms with Gasteiger partial charge in [0.1, 0.15) is 5.75 Å². The second-order valence-corrected chi connectivity index (χ2v) is 6.48. The van der Waals surface area contributed by atoms with Gasteiger partial charge in [0, 0.05) is 22.6 Å². The van der Waals surface area contributed by atoms with E-state index in [1.54, 1.807) is 0 Å². The highest BCUT2D eigenvalue weighted by Crippen LogP contribution is 2.25. The van der Waals surface area contributed by atoms with E-state index in [1.165, 1.54) is 0 Å². The number of rotatable bonds is 5. The summed E-state index contributed by atoms with van der Waals surface area (Å²) in [4.78, 5) is 12.7. The van der Waals surface area contributed by atoms with E-state index in [0.29, 0.717) is 5.75 Å². The average molecular weight is 375 g/mol. The Morgan fingerprint density at radius 3 is 2.74 bits per heavy atom. The highest BCUT2D eigenvalue weighted by Gasteiger charge is 2.26. The number of ether oxygens (including phenoxy) is 1. The molecule has 23 heavy (non-hydrogen) atoms. The van der Waals surface area contributed by atoms with Crippen molar-refractivity contribution in [3.8, 4) is 5.75 Å². The van der Waals surface area contributed by atoms with Crippen molar-refractivity contribution in [2.24, 2.45) is 0 Å². The van der Waals surface area contributed by atoms with Crippen molar-refractivity contribution in [2.45, 2.75) is 18.6 Å². The van der Waals surface area contributed by atoms with Crippen LogP contribution in [0.1, 0.15) is 18.1 Å². The number of halogens is 1.